The molecule has 27 heavy (non-hydrogen) atoms. The molecule has 1 aromatic carbocycles. The minimum absolute atomic E-state index is 0. The van der Waals surface area contributed by atoms with Crippen molar-refractivity contribution in [3.8, 4) is 5.75 Å². The number of hydrogen-bond acceptors (Lipinski definition) is 3. The van der Waals surface area contributed by atoms with Gasteiger partial charge >= 0.3 is 0 Å². The number of pyridine rings is 1. The van der Waals surface area contributed by atoms with Crippen molar-refractivity contribution in [3.05, 3.63) is 52.8 Å². The Kier molecular flexibility index (Phi) is 8.49. The second kappa shape index (κ2) is 9.89. The van der Waals surface area contributed by atoms with Crippen LogP contribution in [0.3, 0.4) is 0 Å². The number of aromatic hydroxyl groups is 1. The topological polar surface area (TPSA) is 71.3 Å². The summed E-state index contributed by atoms with van der Waals surface area (Å²) in [5.74, 6) is -0.809. The molecule has 2 aromatic rings. The predicted octanol–water partition coefficient (Wildman–Crippen LogP) is -0.979. The second-order valence-electron chi connectivity index (χ2n) is 6.53. The Balaban J connectivity index is 0.00000364. The van der Waals surface area contributed by atoms with E-state index in [1.54, 1.807) is 31.3 Å². The lowest BCUT2D eigenvalue weighted by atomic mass is 10.1. The van der Waals surface area contributed by atoms with Crippen LogP contribution in [0.4, 0.5) is 0 Å². The Morgan fingerprint density at radius 1 is 1.30 bits per heavy atom. The molecule has 0 unspecified atom stereocenters. The summed E-state index contributed by atoms with van der Waals surface area (Å²) in [6, 6.07) is 6.98. The fraction of sp³-hybridized carbons (Fsp3) is 0.400. The molecule has 1 aromatic heterocycles. The number of aryl methyl sites for hydroxylation is 1. The molecule has 1 heterocycles. The minimum Gasteiger partial charge on any atom is -1.00 e. The number of amides is 1. The van der Waals surface area contributed by atoms with E-state index in [1.165, 1.54) is 4.57 Å². The molecule has 0 aliphatic heterocycles. The molecule has 0 fully saturated rings. The SMILES string of the molecule is C=CC[N+](CC)(CC)CCNC(=O)c1c(O)c2ccccc2n(C)c1=O.[I-]. The number of likely N-dealkylation sites (N-methyl/N-ethyl adjacent to an activating group) is 1. The number of benzene rings is 1. The monoisotopic (exact) mass is 485 g/mol. The first-order valence-electron chi connectivity index (χ1n) is 8.95. The first kappa shape index (κ1) is 23.2. The van der Waals surface area contributed by atoms with Gasteiger partial charge < -0.3 is 43.5 Å². The lowest BCUT2D eigenvalue weighted by Gasteiger charge is -2.35. The number of quaternary nitrogens is 1. The number of para-hydroxylation sites is 1. The van der Waals surface area contributed by atoms with Gasteiger partial charge in [-0.2, -0.15) is 0 Å². The highest BCUT2D eigenvalue weighted by molar-refractivity contribution is 6.02. The molecule has 0 saturated carbocycles. The van der Waals surface area contributed by atoms with E-state index in [0.717, 1.165) is 30.7 Å². The third-order valence-corrected chi connectivity index (χ3v) is 5.23. The van der Waals surface area contributed by atoms with Crippen molar-refractivity contribution < 1.29 is 38.4 Å². The summed E-state index contributed by atoms with van der Waals surface area (Å²) in [5, 5.41) is 13.7. The molecule has 148 valence electrons. The van der Waals surface area contributed by atoms with Gasteiger partial charge in [-0.25, -0.2) is 0 Å². The number of nitrogens with zero attached hydrogens (tertiary/aromatic N) is 2. The molecule has 1 amide bonds. The average Bonchev–Trinajstić information content (AvgIpc) is 2.65. The summed E-state index contributed by atoms with van der Waals surface area (Å²) >= 11 is 0. The first-order chi connectivity index (χ1) is 12.4. The van der Waals surface area contributed by atoms with Gasteiger partial charge in [0.25, 0.3) is 11.5 Å². The molecule has 0 spiro atoms. The van der Waals surface area contributed by atoms with Gasteiger partial charge in [-0.3, -0.25) is 9.59 Å². The third-order valence-electron chi connectivity index (χ3n) is 5.23. The Morgan fingerprint density at radius 2 is 1.93 bits per heavy atom. The molecule has 0 saturated heterocycles. The van der Waals surface area contributed by atoms with E-state index in [1.807, 2.05) is 6.08 Å². The summed E-state index contributed by atoms with van der Waals surface area (Å²) in [7, 11) is 1.60. The van der Waals surface area contributed by atoms with Crippen LogP contribution in [-0.2, 0) is 7.05 Å². The van der Waals surface area contributed by atoms with Gasteiger partial charge in [-0.1, -0.05) is 18.7 Å². The summed E-state index contributed by atoms with van der Waals surface area (Å²) < 4.78 is 2.20. The molecular formula is C20H28IN3O3. The van der Waals surface area contributed by atoms with Crippen molar-refractivity contribution in [1.29, 1.82) is 0 Å². The van der Waals surface area contributed by atoms with Crippen molar-refractivity contribution >= 4 is 16.8 Å². The van der Waals surface area contributed by atoms with Gasteiger partial charge in [0.15, 0.2) is 0 Å². The maximum absolute atomic E-state index is 12.6. The van der Waals surface area contributed by atoms with Crippen LogP contribution in [0.15, 0.2) is 41.7 Å². The highest BCUT2D eigenvalue weighted by atomic mass is 127. The van der Waals surface area contributed by atoms with Crippen molar-refractivity contribution in [2.75, 3.05) is 32.7 Å². The number of carbonyl (C=O) groups excluding carboxylic acids is 1. The van der Waals surface area contributed by atoms with Crippen molar-refractivity contribution in [3.63, 3.8) is 0 Å². The van der Waals surface area contributed by atoms with Crippen LogP contribution in [0.5, 0.6) is 5.75 Å². The molecule has 0 bridgehead atoms. The number of fused-ring (bicyclic) bond motifs is 1. The largest absolute Gasteiger partial charge is 1.00 e. The smallest absolute Gasteiger partial charge is 0.267 e. The number of halogens is 1. The van der Waals surface area contributed by atoms with Gasteiger partial charge in [-0.15, -0.1) is 0 Å². The first-order valence-corrected chi connectivity index (χ1v) is 8.95. The van der Waals surface area contributed by atoms with Crippen molar-refractivity contribution in [2.45, 2.75) is 13.8 Å². The molecule has 7 heteroatoms. The molecular weight excluding hydrogens is 457 g/mol. The summed E-state index contributed by atoms with van der Waals surface area (Å²) in [6.07, 6.45) is 1.89. The van der Waals surface area contributed by atoms with Gasteiger partial charge in [0.05, 0.1) is 38.2 Å². The van der Waals surface area contributed by atoms with Crippen LogP contribution in [0.2, 0.25) is 0 Å². The van der Waals surface area contributed by atoms with Gasteiger partial charge in [0, 0.05) is 12.4 Å². The van der Waals surface area contributed by atoms with Crippen LogP contribution in [0.25, 0.3) is 10.9 Å². The van der Waals surface area contributed by atoms with Crippen molar-refractivity contribution in [2.24, 2.45) is 7.05 Å². The maximum atomic E-state index is 12.6. The number of hydrogen-bond donors (Lipinski definition) is 2. The molecule has 6 nitrogen and oxygen atoms in total. The minimum atomic E-state index is -0.544. The Labute approximate surface area is 177 Å². The van der Waals surface area contributed by atoms with E-state index in [2.05, 4.69) is 25.7 Å². The van der Waals surface area contributed by atoms with Gasteiger partial charge in [-0.05, 0) is 32.1 Å². The second-order valence-corrected chi connectivity index (χ2v) is 6.53. The normalized spacial score (nSPS) is 11.1. The van der Waals surface area contributed by atoms with Crippen LogP contribution < -0.4 is 34.9 Å². The number of rotatable bonds is 8. The fourth-order valence-corrected chi connectivity index (χ4v) is 3.34. The van der Waals surface area contributed by atoms with E-state index in [4.69, 9.17) is 0 Å². The number of carbonyl (C=O) groups is 1. The summed E-state index contributed by atoms with van der Waals surface area (Å²) in [5.41, 5.74) is -0.122. The van der Waals surface area contributed by atoms with Crippen LogP contribution >= 0.6 is 0 Å². The molecule has 0 atom stereocenters. The van der Waals surface area contributed by atoms with E-state index in [-0.39, 0.29) is 35.3 Å². The molecule has 2 rings (SSSR count). The molecule has 0 aliphatic carbocycles. The van der Waals surface area contributed by atoms with Gasteiger partial charge in [0.2, 0.25) is 0 Å². The number of nitrogens with one attached hydrogen (secondary N) is 1. The maximum Gasteiger partial charge on any atom is 0.267 e. The zero-order chi connectivity index (χ0) is 19.3. The zero-order valence-corrected chi connectivity index (χ0v) is 18.3. The van der Waals surface area contributed by atoms with Crippen LogP contribution in [0.1, 0.15) is 24.2 Å². The van der Waals surface area contributed by atoms with Crippen LogP contribution in [0, 0.1) is 0 Å². The highest BCUT2D eigenvalue weighted by Gasteiger charge is 2.24. The lowest BCUT2D eigenvalue weighted by molar-refractivity contribution is -0.918. The van der Waals surface area contributed by atoms with Gasteiger partial charge in [0.1, 0.15) is 11.3 Å². The standard InChI is InChI=1S/C20H27N3O3.HI/c1-5-13-23(6-2,7-3)14-12-21-19(25)17-18(24)15-10-8-9-11-16(15)22(4)20(17)26;/h5,8-11H,1,6-7,12-14H2,2-4H3,(H-,21,24,25,26);1H. The lowest BCUT2D eigenvalue weighted by Crippen LogP contribution is -3.00. The zero-order valence-electron chi connectivity index (χ0n) is 16.2. The van der Waals surface area contributed by atoms with E-state index < -0.39 is 11.5 Å². The van der Waals surface area contributed by atoms with E-state index in [0.29, 0.717) is 17.4 Å². The fourth-order valence-electron chi connectivity index (χ4n) is 3.34. The summed E-state index contributed by atoms with van der Waals surface area (Å²) in [4.78, 5) is 25.1. The van der Waals surface area contributed by atoms with Crippen molar-refractivity contribution in [1.82, 2.24) is 9.88 Å². The predicted molar refractivity (Wildman–Crippen MR) is 104 cm³/mol. The summed E-state index contributed by atoms with van der Waals surface area (Å²) in [6.45, 7) is 11.9. The van der Waals surface area contributed by atoms with E-state index in [9.17, 15) is 14.7 Å². The van der Waals surface area contributed by atoms with E-state index >= 15 is 0 Å². The molecule has 0 aliphatic rings. The molecule has 0 radical (unpaired) electrons. The third kappa shape index (κ3) is 4.70. The quantitative estimate of drug-likeness (QED) is 0.287. The van der Waals surface area contributed by atoms with Crippen LogP contribution in [-0.4, -0.2) is 52.8 Å². The highest BCUT2D eigenvalue weighted by Crippen LogP contribution is 2.25. The molecule has 2 N–H and O–H groups in total. The Morgan fingerprint density at radius 3 is 2.52 bits per heavy atom. The average molecular weight is 485 g/mol. The Bertz CT molecular complexity index is 873. The number of aromatic nitrogens is 1. The Hall–Kier alpha value is -1.87.